The van der Waals surface area contributed by atoms with Crippen molar-refractivity contribution in [3.8, 4) is 11.8 Å². The number of carbonyl (C=O) groups is 1. The zero-order valence-corrected chi connectivity index (χ0v) is 13.7. The topological polar surface area (TPSA) is 56.2 Å². The molecule has 5 heteroatoms. The number of aryl methyl sites for hydroxylation is 2. The molecule has 0 unspecified atom stereocenters. The van der Waals surface area contributed by atoms with Gasteiger partial charge in [-0.3, -0.25) is 4.68 Å². The van der Waals surface area contributed by atoms with E-state index in [2.05, 4.69) is 22.3 Å². The van der Waals surface area contributed by atoms with Crippen LogP contribution >= 0.6 is 0 Å². The van der Waals surface area contributed by atoms with E-state index < -0.39 is 6.09 Å². The van der Waals surface area contributed by atoms with E-state index in [-0.39, 0.29) is 6.61 Å². The van der Waals surface area contributed by atoms with Crippen LogP contribution in [-0.2, 0) is 18.4 Å². The predicted octanol–water partition coefficient (Wildman–Crippen LogP) is 2.70. The van der Waals surface area contributed by atoms with E-state index in [1.54, 1.807) is 0 Å². The molecule has 1 amide bonds. The highest BCUT2D eigenvalue weighted by Gasteiger charge is 2.05. The molecule has 0 aliphatic heterocycles. The van der Waals surface area contributed by atoms with Crippen molar-refractivity contribution in [1.29, 1.82) is 0 Å². The lowest BCUT2D eigenvalue weighted by Crippen LogP contribution is -2.24. The van der Waals surface area contributed by atoms with Gasteiger partial charge in [-0.25, -0.2) is 4.79 Å². The molecule has 1 aromatic carbocycles. The Morgan fingerprint density at radius 1 is 1.30 bits per heavy atom. The molecule has 1 aromatic heterocycles. The van der Waals surface area contributed by atoms with Crippen molar-refractivity contribution in [2.45, 2.75) is 26.9 Å². The van der Waals surface area contributed by atoms with Crippen LogP contribution in [0.15, 0.2) is 30.3 Å². The van der Waals surface area contributed by atoms with Crippen LogP contribution in [0.3, 0.4) is 0 Å². The molecular weight excluding hydrogens is 290 g/mol. The van der Waals surface area contributed by atoms with Gasteiger partial charge in [-0.2, -0.15) is 5.10 Å². The number of hydrogen-bond donors (Lipinski definition) is 1. The van der Waals surface area contributed by atoms with Gasteiger partial charge < -0.3 is 10.1 Å². The first-order chi connectivity index (χ1) is 11.1. The second-order valence-corrected chi connectivity index (χ2v) is 5.21. The predicted molar refractivity (Wildman–Crippen MR) is 88.8 cm³/mol. The van der Waals surface area contributed by atoms with E-state index >= 15 is 0 Å². The van der Waals surface area contributed by atoms with Gasteiger partial charge in [0.25, 0.3) is 0 Å². The maximum absolute atomic E-state index is 11.6. The maximum atomic E-state index is 11.6. The quantitative estimate of drug-likeness (QED) is 0.698. The van der Waals surface area contributed by atoms with Crippen LogP contribution in [0, 0.1) is 25.7 Å². The fourth-order valence-electron chi connectivity index (χ4n) is 2.11. The number of benzene rings is 1. The number of hydrogen-bond acceptors (Lipinski definition) is 3. The summed E-state index contributed by atoms with van der Waals surface area (Å²) >= 11 is 0. The first-order valence-corrected chi connectivity index (χ1v) is 7.51. The van der Waals surface area contributed by atoms with Crippen LogP contribution < -0.4 is 5.32 Å². The van der Waals surface area contributed by atoms with Gasteiger partial charge in [0.2, 0.25) is 0 Å². The Balaban J connectivity index is 1.71. The number of alkyl carbamates (subject to hydrolysis) is 1. The van der Waals surface area contributed by atoms with Gasteiger partial charge >= 0.3 is 6.09 Å². The average molecular weight is 311 g/mol. The summed E-state index contributed by atoms with van der Waals surface area (Å²) in [5.41, 5.74) is 3.89. The molecule has 0 atom stereocenters. The van der Waals surface area contributed by atoms with Gasteiger partial charge in [-0.05, 0) is 19.4 Å². The highest BCUT2D eigenvalue weighted by molar-refractivity contribution is 5.67. The number of nitrogens with zero attached hydrogens (tertiary/aromatic N) is 2. The number of aromatic nitrogens is 2. The summed E-state index contributed by atoms with van der Waals surface area (Å²) in [6.07, 6.45) is 0.137. The largest absolute Gasteiger partial charge is 0.445 e. The summed E-state index contributed by atoms with van der Waals surface area (Å²) in [5.74, 6) is 6.16. The monoisotopic (exact) mass is 311 g/mol. The van der Waals surface area contributed by atoms with Gasteiger partial charge in [-0.15, -0.1) is 0 Å². The number of amides is 1. The molecule has 23 heavy (non-hydrogen) atoms. The fraction of sp³-hybridized carbons (Fsp3) is 0.333. The summed E-state index contributed by atoms with van der Waals surface area (Å²) in [5, 5.41) is 7.00. The minimum atomic E-state index is -0.426. The van der Waals surface area contributed by atoms with E-state index in [4.69, 9.17) is 4.74 Å². The van der Waals surface area contributed by atoms with Crippen molar-refractivity contribution >= 4 is 6.09 Å². The van der Waals surface area contributed by atoms with Crippen molar-refractivity contribution in [3.05, 3.63) is 52.8 Å². The third-order valence-corrected chi connectivity index (χ3v) is 3.45. The van der Waals surface area contributed by atoms with Crippen LogP contribution in [-0.4, -0.2) is 22.4 Å². The van der Waals surface area contributed by atoms with Crippen LogP contribution in [0.5, 0.6) is 0 Å². The lowest BCUT2D eigenvalue weighted by molar-refractivity contribution is 0.140. The van der Waals surface area contributed by atoms with Gasteiger partial charge in [0.15, 0.2) is 0 Å². The molecule has 2 rings (SSSR count). The highest BCUT2D eigenvalue weighted by Crippen LogP contribution is 2.09. The molecule has 120 valence electrons. The second kappa shape index (κ2) is 8.04. The molecule has 0 radical (unpaired) electrons. The molecule has 0 aliphatic carbocycles. The maximum Gasteiger partial charge on any atom is 0.407 e. The summed E-state index contributed by atoms with van der Waals surface area (Å²) in [6.45, 7) is 4.66. The Bertz CT molecular complexity index is 724. The molecule has 0 fully saturated rings. The van der Waals surface area contributed by atoms with Crippen LogP contribution in [0.1, 0.15) is 28.9 Å². The second-order valence-electron chi connectivity index (χ2n) is 5.21. The highest BCUT2D eigenvalue weighted by atomic mass is 16.5. The SMILES string of the molecule is Cc1nn(C)c(C)c1C#CCCNC(=O)OCc1ccccc1. The Hall–Kier alpha value is -2.74. The molecular formula is C18H21N3O2. The van der Waals surface area contributed by atoms with Crippen LogP contribution in [0.2, 0.25) is 0 Å². The Morgan fingerprint density at radius 3 is 2.70 bits per heavy atom. The third-order valence-electron chi connectivity index (χ3n) is 3.45. The van der Waals surface area contributed by atoms with Crippen molar-refractivity contribution in [2.24, 2.45) is 7.05 Å². The van der Waals surface area contributed by atoms with Crippen LogP contribution in [0.4, 0.5) is 4.79 Å². The number of rotatable bonds is 4. The van der Waals surface area contributed by atoms with Crippen molar-refractivity contribution in [1.82, 2.24) is 15.1 Å². The normalized spacial score (nSPS) is 9.87. The first-order valence-electron chi connectivity index (χ1n) is 7.51. The van der Waals surface area contributed by atoms with Crippen molar-refractivity contribution < 1.29 is 9.53 Å². The zero-order chi connectivity index (χ0) is 16.7. The van der Waals surface area contributed by atoms with Crippen molar-refractivity contribution in [2.75, 3.05) is 6.54 Å². The fourth-order valence-corrected chi connectivity index (χ4v) is 2.11. The smallest absolute Gasteiger partial charge is 0.407 e. The lowest BCUT2D eigenvalue weighted by Gasteiger charge is -2.05. The minimum Gasteiger partial charge on any atom is -0.445 e. The first kappa shape index (κ1) is 16.6. The molecule has 0 saturated carbocycles. The number of carbonyl (C=O) groups excluding carboxylic acids is 1. The Kier molecular flexibility index (Phi) is 5.81. The molecule has 2 aromatic rings. The molecule has 1 N–H and O–H groups in total. The molecule has 0 spiro atoms. The number of ether oxygens (including phenoxy) is 1. The average Bonchev–Trinajstić information content (AvgIpc) is 2.79. The van der Waals surface area contributed by atoms with Crippen molar-refractivity contribution in [3.63, 3.8) is 0 Å². The molecule has 0 bridgehead atoms. The van der Waals surface area contributed by atoms with E-state index in [1.165, 1.54) is 0 Å². The van der Waals surface area contributed by atoms with Gasteiger partial charge in [0, 0.05) is 20.0 Å². The molecule has 5 nitrogen and oxygen atoms in total. The van der Waals surface area contributed by atoms with E-state index in [1.807, 2.05) is 55.9 Å². The third kappa shape index (κ3) is 4.89. The Labute approximate surface area is 136 Å². The number of nitrogens with one attached hydrogen (secondary N) is 1. The van der Waals surface area contributed by atoms with Crippen LogP contribution in [0.25, 0.3) is 0 Å². The lowest BCUT2D eigenvalue weighted by atomic mass is 10.2. The van der Waals surface area contributed by atoms with E-state index in [0.717, 1.165) is 22.5 Å². The molecule has 0 aliphatic rings. The van der Waals surface area contributed by atoms with Gasteiger partial charge in [-0.1, -0.05) is 42.2 Å². The standard InChI is InChI=1S/C18H21N3O2/c1-14-17(15(2)21(3)20-14)11-7-8-12-19-18(22)23-13-16-9-5-4-6-10-16/h4-6,9-10H,8,12-13H2,1-3H3,(H,19,22). The van der Waals surface area contributed by atoms with Gasteiger partial charge in [0.05, 0.1) is 17.0 Å². The summed E-state index contributed by atoms with van der Waals surface area (Å²) in [6, 6.07) is 9.58. The van der Waals surface area contributed by atoms with Gasteiger partial charge in [0.1, 0.15) is 6.61 Å². The summed E-state index contributed by atoms with van der Waals surface area (Å²) in [4.78, 5) is 11.6. The van der Waals surface area contributed by atoms with E-state index in [9.17, 15) is 4.79 Å². The zero-order valence-electron chi connectivity index (χ0n) is 13.7. The minimum absolute atomic E-state index is 0.270. The molecule has 0 saturated heterocycles. The Morgan fingerprint density at radius 2 is 2.04 bits per heavy atom. The summed E-state index contributed by atoms with van der Waals surface area (Å²) < 4.78 is 6.94. The molecule has 1 heterocycles. The summed E-state index contributed by atoms with van der Waals surface area (Å²) in [7, 11) is 1.90. The van der Waals surface area contributed by atoms with E-state index in [0.29, 0.717) is 13.0 Å².